The number of sulfonamides is 1. The smallest absolute Gasteiger partial charge is 0.293 e. The van der Waals surface area contributed by atoms with Gasteiger partial charge in [0, 0.05) is 31.3 Å². The molecule has 0 radical (unpaired) electrons. The quantitative estimate of drug-likeness (QED) is 0.421. The van der Waals surface area contributed by atoms with Gasteiger partial charge in [0.25, 0.3) is 21.6 Å². The average Bonchev–Trinajstić information content (AvgIpc) is 2.73. The fraction of sp³-hybridized carbons (Fsp3) is 0.278. The van der Waals surface area contributed by atoms with Crippen molar-refractivity contribution >= 4 is 39.7 Å². The van der Waals surface area contributed by atoms with E-state index < -0.39 is 26.5 Å². The summed E-state index contributed by atoms with van der Waals surface area (Å²) in [6.07, 6.45) is -0.156. The lowest BCUT2D eigenvalue weighted by atomic mass is 10.2. The van der Waals surface area contributed by atoms with Crippen molar-refractivity contribution in [2.45, 2.75) is 11.0 Å². The van der Waals surface area contributed by atoms with Crippen molar-refractivity contribution in [3.63, 3.8) is 0 Å². The number of carbonyl (C=O) groups excluding carboxylic acids is 1. The van der Waals surface area contributed by atoms with E-state index in [0.717, 1.165) is 12.6 Å². The molecular weight excluding hydrogens is 436 g/mol. The Morgan fingerprint density at radius 1 is 1.23 bits per heavy atom. The number of hydrogen-bond acceptors (Lipinski definition) is 8. The largest absolute Gasteiger partial charge is 0.377 e. The Hall–Kier alpha value is -2.73. The summed E-state index contributed by atoms with van der Waals surface area (Å²) in [5, 5.41) is 17.5. The van der Waals surface area contributed by atoms with Gasteiger partial charge in [0.1, 0.15) is 5.69 Å². The van der Waals surface area contributed by atoms with E-state index in [9.17, 15) is 23.3 Å². The van der Waals surface area contributed by atoms with Crippen LogP contribution in [0.5, 0.6) is 0 Å². The number of ether oxygens (including phenoxy) is 1. The van der Waals surface area contributed by atoms with Gasteiger partial charge in [-0.05, 0) is 24.3 Å². The van der Waals surface area contributed by atoms with Crippen LogP contribution in [0, 0.1) is 10.1 Å². The number of amides is 1. The SMILES string of the molecule is Cl.O=C(NS(=O)(=O)c1ccc(NCC2CNCCO2)c([N+](=O)[O-])c1)c1ccccc1. The molecule has 1 aliphatic heterocycles. The maximum Gasteiger partial charge on any atom is 0.293 e. The van der Waals surface area contributed by atoms with Gasteiger partial charge in [0.05, 0.1) is 22.5 Å². The Bertz CT molecular complexity index is 997. The highest BCUT2D eigenvalue weighted by atomic mass is 35.5. The highest BCUT2D eigenvalue weighted by molar-refractivity contribution is 7.90. The standard InChI is InChI=1S/C18H20N4O6S.ClH/c23-18(13-4-2-1-3-5-13)21-29(26,27)15-6-7-16(17(10-15)22(24)25)20-12-14-11-19-8-9-28-14;/h1-7,10,14,19-20H,8-9,11-12H2,(H,21,23);1H. The van der Waals surface area contributed by atoms with E-state index in [4.69, 9.17) is 4.74 Å². The van der Waals surface area contributed by atoms with Crippen LogP contribution in [-0.4, -0.2) is 51.6 Å². The van der Waals surface area contributed by atoms with Gasteiger partial charge in [-0.3, -0.25) is 14.9 Å². The van der Waals surface area contributed by atoms with E-state index in [1.54, 1.807) is 18.2 Å². The van der Waals surface area contributed by atoms with E-state index >= 15 is 0 Å². The van der Waals surface area contributed by atoms with E-state index in [1.807, 2.05) is 4.72 Å². The minimum atomic E-state index is -4.28. The number of halogens is 1. The molecule has 10 nitrogen and oxygen atoms in total. The second kappa shape index (κ2) is 10.3. The molecule has 1 atom stereocenters. The first-order chi connectivity index (χ1) is 13.9. The molecule has 0 spiro atoms. The molecule has 0 saturated carbocycles. The van der Waals surface area contributed by atoms with Crippen LogP contribution < -0.4 is 15.4 Å². The Balaban J connectivity index is 0.00000320. The molecule has 1 aliphatic rings. The van der Waals surface area contributed by atoms with Crippen molar-refractivity contribution in [2.24, 2.45) is 0 Å². The highest BCUT2D eigenvalue weighted by Crippen LogP contribution is 2.27. The summed E-state index contributed by atoms with van der Waals surface area (Å²) >= 11 is 0. The molecule has 1 heterocycles. The maximum absolute atomic E-state index is 12.5. The van der Waals surface area contributed by atoms with Crippen LogP contribution in [0.2, 0.25) is 0 Å². The molecule has 3 rings (SSSR count). The summed E-state index contributed by atoms with van der Waals surface area (Å²) in [6, 6.07) is 11.2. The van der Waals surface area contributed by atoms with Gasteiger partial charge in [-0.15, -0.1) is 12.4 Å². The summed E-state index contributed by atoms with van der Waals surface area (Å²) < 4.78 is 32.5. The van der Waals surface area contributed by atoms with Crippen molar-refractivity contribution in [1.29, 1.82) is 0 Å². The molecule has 1 saturated heterocycles. The third-order valence-electron chi connectivity index (χ3n) is 4.26. The molecule has 30 heavy (non-hydrogen) atoms. The van der Waals surface area contributed by atoms with Crippen LogP contribution in [0.25, 0.3) is 0 Å². The van der Waals surface area contributed by atoms with Crippen molar-refractivity contribution in [1.82, 2.24) is 10.0 Å². The second-order valence-electron chi connectivity index (χ2n) is 6.31. The van der Waals surface area contributed by atoms with Gasteiger partial charge in [-0.25, -0.2) is 13.1 Å². The van der Waals surface area contributed by atoms with E-state index in [2.05, 4.69) is 10.6 Å². The molecule has 0 aromatic heterocycles. The Labute approximate surface area is 179 Å². The van der Waals surface area contributed by atoms with Crippen LogP contribution in [0.3, 0.4) is 0 Å². The molecule has 1 unspecified atom stereocenters. The number of morpholine rings is 1. The number of benzene rings is 2. The lowest BCUT2D eigenvalue weighted by Crippen LogP contribution is -2.42. The molecular formula is C18H21ClN4O6S. The normalized spacial score (nSPS) is 16.2. The molecule has 2 aromatic carbocycles. The first kappa shape index (κ1) is 23.5. The highest BCUT2D eigenvalue weighted by Gasteiger charge is 2.24. The van der Waals surface area contributed by atoms with Crippen LogP contribution in [0.1, 0.15) is 10.4 Å². The number of anilines is 1. The van der Waals surface area contributed by atoms with Gasteiger partial charge >= 0.3 is 0 Å². The number of nitro benzene ring substituents is 1. The molecule has 1 fully saturated rings. The monoisotopic (exact) mass is 456 g/mol. The first-order valence-electron chi connectivity index (χ1n) is 8.83. The first-order valence-corrected chi connectivity index (χ1v) is 10.3. The third kappa shape index (κ3) is 5.89. The van der Waals surface area contributed by atoms with E-state index in [0.29, 0.717) is 19.7 Å². The maximum atomic E-state index is 12.5. The molecule has 0 aliphatic carbocycles. The minimum absolute atomic E-state index is 0. The predicted molar refractivity (Wildman–Crippen MR) is 113 cm³/mol. The van der Waals surface area contributed by atoms with Crippen LogP contribution in [-0.2, 0) is 14.8 Å². The number of carbonyl (C=O) groups is 1. The van der Waals surface area contributed by atoms with Crippen molar-refractivity contribution in [2.75, 3.05) is 31.6 Å². The van der Waals surface area contributed by atoms with E-state index in [-0.39, 0.29) is 34.7 Å². The Kier molecular flexibility index (Phi) is 8.12. The van der Waals surface area contributed by atoms with Gasteiger partial charge in [-0.2, -0.15) is 0 Å². The van der Waals surface area contributed by atoms with Crippen LogP contribution in [0.4, 0.5) is 11.4 Å². The topological polar surface area (TPSA) is 140 Å². The van der Waals surface area contributed by atoms with Crippen LogP contribution in [0.15, 0.2) is 53.4 Å². The van der Waals surface area contributed by atoms with Crippen LogP contribution >= 0.6 is 12.4 Å². The summed E-state index contributed by atoms with van der Waals surface area (Å²) in [7, 11) is -4.28. The lowest BCUT2D eigenvalue weighted by Gasteiger charge is -2.24. The average molecular weight is 457 g/mol. The summed E-state index contributed by atoms with van der Waals surface area (Å²) in [4.78, 5) is 22.5. The summed E-state index contributed by atoms with van der Waals surface area (Å²) in [6.45, 7) is 2.23. The Morgan fingerprint density at radius 3 is 2.60 bits per heavy atom. The zero-order valence-electron chi connectivity index (χ0n) is 15.7. The predicted octanol–water partition coefficient (Wildman–Crippen LogP) is 1.54. The number of rotatable bonds is 7. The lowest BCUT2D eigenvalue weighted by molar-refractivity contribution is -0.384. The fourth-order valence-electron chi connectivity index (χ4n) is 2.78. The molecule has 3 N–H and O–H groups in total. The summed E-state index contributed by atoms with van der Waals surface area (Å²) in [5.41, 5.74) is -0.0914. The molecule has 162 valence electrons. The van der Waals surface area contributed by atoms with Gasteiger partial charge in [0.2, 0.25) is 0 Å². The van der Waals surface area contributed by atoms with Crippen molar-refractivity contribution in [3.8, 4) is 0 Å². The second-order valence-corrected chi connectivity index (χ2v) is 8.00. The Morgan fingerprint density at radius 2 is 1.97 bits per heavy atom. The van der Waals surface area contributed by atoms with Crippen molar-refractivity contribution < 1.29 is 22.9 Å². The number of nitrogens with one attached hydrogen (secondary N) is 3. The van der Waals surface area contributed by atoms with Gasteiger partial charge in [0.15, 0.2) is 0 Å². The molecule has 12 heteroatoms. The number of nitrogens with zero attached hydrogens (tertiary/aromatic N) is 1. The molecule has 1 amide bonds. The number of nitro groups is 1. The minimum Gasteiger partial charge on any atom is -0.377 e. The fourth-order valence-corrected chi connectivity index (χ4v) is 3.78. The number of hydrogen-bond donors (Lipinski definition) is 3. The zero-order valence-corrected chi connectivity index (χ0v) is 17.4. The third-order valence-corrected chi connectivity index (χ3v) is 5.59. The molecule has 0 bridgehead atoms. The van der Waals surface area contributed by atoms with E-state index in [1.165, 1.54) is 24.3 Å². The zero-order chi connectivity index (χ0) is 20.9. The summed E-state index contributed by atoms with van der Waals surface area (Å²) in [5.74, 6) is -0.822. The van der Waals surface area contributed by atoms with Gasteiger partial charge < -0.3 is 15.4 Å². The van der Waals surface area contributed by atoms with Gasteiger partial charge in [-0.1, -0.05) is 18.2 Å². The van der Waals surface area contributed by atoms with Crippen molar-refractivity contribution in [3.05, 3.63) is 64.2 Å². The molecule has 2 aromatic rings.